The zero-order valence-corrected chi connectivity index (χ0v) is 19.8. The van der Waals surface area contributed by atoms with E-state index in [-0.39, 0.29) is 17.4 Å². The predicted octanol–water partition coefficient (Wildman–Crippen LogP) is 4.26. The van der Waals surface area contributed by atoms with Gasteiger partial charge in [-0.05, 0) is 35.6 Å². The van der Waals surface area contributed by atoms with Crippen molar-refractivity contribution in [2.75, 3.05) is 6.61 Å². The molecule has 0 amide bonds. The molecule has 0 unspecified atom stereocenters. The average molecular weight is 444 g/mol. The molecule has 0 bridgehead atoms. The molecule has 0 saturated heterocycles. The molecule has 0 spiro atoms. The van der Waals surface area contributed by atoms with Gasteiger partial charge in [0.2, 0.25) is 0 Å². The molecule has 2 aromatic carbocycles. The van der Waals surface area contributed by atoms with E-state index in [1.807, 2.05) is 25.1 Å². The largest absolute Gasteiger partial charge is 0.365 e. The van der Waals surface area contributed by atoms with Crippen molar-refractivity contribution in [2.45, 2.75) is 39.3 Å². The highest BCUT2D eigenvalue weighted by atomic mass is 16.5. The van der Waals surface area contributed by atoms with Gasteiger partial charge in [-0.25, -0.2) is 4.79 Å². The first-order chi connectivity index (χ1) is 15.8. The zero-order chi connectivity index (χ0) is 23.4. The van der Waals surface area contributed by atoms with Crippen LogP contribution in [0.2, 0.25) is 0 Å². The van der Waals surface area contributed by atoms with Gasteiger partial charge in [-0.3, -0.25) is 13.9 Å². The van der Waals surface area contributed by atoms with Crippen LogP contribution >= 0.6 is 0 Å². The second-order valence-corrected chi connectivity index (χ2v) is 9.26. The molecular formula is C27H29N3O3. The minimum atomic E-state index is -0.362. The number of hydrogen-bond acceptors (Lipinski definition) is 3. The maximum Gasteiger partial charge on any atom is 0.331 e. The van der Waals surface area contributed by atoms with Gasteiger partial charge in [0.25, 0.3) is 5.56 Å². The molecule has 1 aliphatic rings. The van der Waals surface area contributed by atoms with Crippen LogP contribution in [-0.2, 0) is 25.4 Å². The van der Waals surface area contributed by atoms with Gasteiger partial charge in [0.1, 0.15) is 6.10 Å². The molecule has 5 rings (SSSR count). The van der Waals surface area contributed by atoms with Crippen LogP contribution in [0.25, 0.3) is 22.2 Å². The molecule has 0 fully saturated rings. The summed E-state index contributed by atoms with van der Waals surface area (Å²) in [6, 6.07) is 16.6. The predicted molar refractivity (Wildman–Crippen MR) is 131 cm³/mol. The summed E-state index contributed by atoms with van der Waals surface area (Å²) in [5.41, 5.74) is 6.12. The van der Waals surface area contributed by atoms with Gasteiger partial charge in [-0.1, -0.05) is 61.9 Å². The topological polar surface area (TPSA) is 58.2 Å². The van der Waals surface area contributed by atoms with Crippen LogP contribution < -0.4 is 11.2 Å². The Morgan fingerprint density at radius 2 is 1.73 bits per heavy atom. The molecule has 0 N–H and O–H groups in total. The lowest BCUT2D eigenvalue weighted by atomic mass is 9.98. The third-order valence-electron chi connectivity index (χ3n) is 6.75. The second-order valence-electron chi connectivity index (χ2n) is 9.26. The van der Waals surface area contributed by atoms with E-state index in [0.29, 0.717) is 30.0 Å². The number of aromatic nitrogens is 3. The standard InChI is InChI=1S/C27H29N3O3/c1-16(2)18-9-11-19(12-10-18)25-24-23-21(26(31)29(5)27(32)28(23)4)22(30(24)13-14-33-25)20-8-6-7-17(3)15-20/h6-12,15-16,25H,13-14H2,1-5H3/t25-/m1/s1. The van der Waals surface area contributed by atoms with E-state index in [1.54, 1.807) is 18.7 Å². The minimum Gasteiger partial charge on any atom is -0.365 e. The fraction of sp³-hybridized carbons (Fsp3) is 0.333. The van der Waals surface area contributed by atoms with E-state index in [9.17, 15) is 9.59 Å². The Bertz CT molecular complexity index is 1490. The smallest absolute Gasteiger partial charge is 0.331 e. The Hall–Kier alpha value is -3.38. The average Bonchev–Trinajstić information content (AvgIpc) is 3.17. The van der Waals surface area contributed by atoms with Crippen LogP contribution in [-0.4, -0.2) is 20.3 Å². The summed E-state index contributed by atoms with van der Waals surface area (Å²) >= 11 is 0. The number of ether oxygens (including phenoxy) is 1. The molecule has 6 nitrogen and oxygen atoms in total. The molecule has 33 heavy (non-hydrogen) atoms. The van der Waals surface area contributed by atoms with Gasteiger partial charge in [0.05, 0.1) is 28.9 Å². The molecule has 0 saturated carbocycles. The molecule has 2 aromatic heterocycles. The Kier molecular flexibility index (Phi) is 5.13. The van der Waals surface area contributed by atoms with E-state index in [2.05, 4.69) is 48.7 Å². The summed E-state index contributed by atoms with van der Waals surface area (Å²) in [5, 5.41) is 0.564. The van der Waals surface area contributed by atoms with Crippen LogP contribution in [0.1, 0.15) is 48.3 Å². The Morgan fingerprint density at radius 1 is 1.00 bits per heavy atom. The Morgan fingerprint density at radius 3 is 2.39 bits per heavy atom. The number of fused-ring (bicyclic) bond motifs is 3. The van der Waals surface area contributed by atoms with Crippen molar-refractivity contribution < 1.29 is 4.74 Å². The van der Waals surface area contributed by atoms with Gasteiger partial charge >= 0.3 is 5.69 Å². The van der Waals surface area contributed by atoms with Crippen LogP contribution in [0.4, 0.5) is 0 Å². The van der Waals surface area contributed by atoms with E-state index in [0.717, 1.165) is 28.1 Å². The van der Waals surface area contributed by atoms with Crippen molar-refractivity contribution >= 4 is 10.9 Å². The molecule has 0 radical (unpaired) electrons. The summed E-state index contributed by atoms with van der Waals surface area (Å²) in [6.07, 6.45) is -0.362. The van der Waals surface area contributed by atoms with Gasteiger partial charge in [-0.15, -0.1) is 0 Å². The second kappa shape index (κ2) is 7.89. The SMILES string of the molecule is Cc1cccc(-c2c3c(=O)n(C)c(=O)n(C)c3c3n2CCO[C@@H]3c2ccc(C(C)C)cc2)c1. The molecule has 170 valence electrons. The van der Waals surface area contributed by atoms with Crippen molar-refractivity contribution in [3.05, 3.63) is 91.8 Å². The van der Waals surface area contributed by atoms with Gasteiger partial charge < -0.3 is 9.30 Å². The molecule has 0 aliphatic carbocycles. The molecular weight excluding hydrogens is 414 g/mol. The van der Waals surface area contributed by atoms with Gasteiger partial charge in [0, 0.05) is 20.6 Å². The fourth-order valence-corrected chi connectivity index (χ4v) is 4.98. The lowest BCUT2D eigenvalue weighted by Gasteiger charge is -2.28. The normalized spacial score (nSPS) is 15.9. The van der Waals surface area contributed by atoms with Crippen LogP contribution in [0.3, 0.4) is 0 Å². The number of nitrogens with zero attached hydrogens (tertiary/aromatic N) is 3. The number of benzene rings is 2. The summed E-state index contributed by atoms with van der Waals surface area (Å²) in [4.78, 5) is 26.4. The van der Waals surface area contributed by atoms with Crippen LogP contribution in [0, 0.1) is 6.92 Å². The third kappa shape index (κ3) is 3.28. The quantitative estimate of drug-likeness (QED) is 0.476. The molecule has 6 heteroatoms. The van der Waals surface area contributed by atoms with Crippen LogP contribution in [0.15, 0.2) is 58.1 Å². The van der Waals surface area contributed by atoms with Crippen molar-refractivity contribution in [3.8, 4) is 11.3 Å². The molecule has 3 heterocycles. The van der Waals surface area contributed by atoms with Crippen molar-refractivity contribution in [1.82, 2.24) is 13.7 Å². The molecule has 1 aliphatic heterocycles. The molecule has 1 atom stereocenters. The lowest BCUT2D eigenvalue weighted by molar-refractivity contribution is 0.0478. The third-order valence-corrected chi connectivity index (χ3v) is 6.75. The van der Waals surface area contributed by atoms with E-state index >= 15 is 0 Å². The Labute approximate surface area is 192 Å². The maximum absolute atomic E-state index is 13.5. The van der Waals surface area contributed by atoms with Crippen molar-refractivity contribution in [2.24, 2.45) is 14.1 Å². The fourth-order valence-electron chi connectivity index (χ4n) is 4.98. The summed E-state index contributed by atoms with van der Waals surface area (Å²) in [6.45, 7) is 7.53. The van der Waals surface area contributed by atoms with E-state index in [1.165, 1.54) is 10.1 Å². The maximum atomic E-state index is 13.5. The highest BCUT2D eigenvalue weighted by Gasteiger charge is 2.33. The van der Waals surface area contributed by atoms with Crippen LogP contribution in [0.5, 0.6) is 0 Å². The summed E-state index contributed by atoms with van der Waals surface area (Å²) in [5.74, 6) is 0.438. The zero-order valence-electron chi connectivity index (χ0n) is 19.8. The first-order valence-corrected chi connectivity index (χ1v) is 11.4. The summed E-state index contributed by atoms with van der Waals surface area (Å²) < 4.78 is 11.3. The summed E-state index contributed by atoms with van der Waals surface area (Å²) in [7, 11) is 3.28. The number of hydrogen-bond donors (Lipinski definition) is 0. The first-order valence-electron chi connectivity index (χ1n) is 11.4. The van der Waals surface area contributed by atoms with E-state index < -0.39 is 0 Å². The first kappa shape index (κ1) is 21.5. The number of aryl methyl sites for hydroxylation is 2. The highest BCUT2D eigenvalue weighted by molar-refractivity contribution is 5.96. The van der Waals surface area contributed by atoms with Crippen molar-refractivity contribution in [3.63, 3.8) is 0 Å². The number of rotatable bonds is 3. The van der Waals surface area contributed by atoms with Gasteiger partial charge in [0.15, 0.2) is 0 Å². The van der Waals surface area contributed by atoms with E-state index in [4.69, 9.17) is 4.74 Å². The molecule has 4 aromatic rings. The van der Waals surface area contributed by atoms with Gasteiger partial charge in [-0.2, -0.15) is 0 Å². The monoisotopic (exact) mass is 443 g/mol. The minimum absolute atomic E-state index is 0.277. The Balaban J connectivity index is 1.87. The van der Waals surface area contributed by atoms with Crippen molar-refractivity contribution in [1.29, 1.82) is 0 Å². The lowest BCUT2D eigenvalue weighted by Crippen LogP contribution is -2.37. The highest BCUT2D eigenvalue weighted by Crippen LogP contribution is 2.40.